The van der Waals surface area contributed by atoms with Gasteiger partial charge in [0.2, 0.25) is 5.78 Å². The highest BCUT2D eigenvalue weighted by Gasteiger charge is 2.15. The van der Waals surface area contributed by atoms with Crippen LogP contribution >= 0.6 is 0 Å². The molecule has 0 aliphatic rings. The second-order valence-corrected chi connectivity index (χ2v) is 6.01. The molecule has 2 aromatic heterocycles. The molecule has 0 bridgehead atoms. The molecule has 4 aromatic rings. The first kappa shape index (κ1) is 16.0. The van der Waals surface area contributed by atoms with E-state index in [1.54, 1.807) is 4.52 Å². The van der Waals surface area contributed by atoms with Crippen LogP contribution in [0.15, 0.2) is 59.4 Å². The first-order chi connectivity index (χ1) is 12.6. The second-order valence-electron chi connectivity index (χ2n) is 6.01. The summed E-state index contributed by atoms with van der Waals surface area (Å²) in [4.78, 5) is 27.2. The maximum Gasteiger partial charge on any atom is 0.296 e. The summed E-state index contributed by atoms with van der Waals surface area (Å²) in [6.45, 7) is 0.546. The number of nitrogens with zero attached hydrogens (tertiary/aromatic N) is 4. The molecule has 0 unspecified atom stereocenters. The molecule has 26 heavy (non-hydrogen) atoms. The van der Waals surface area contributed by atoms with Crippen LogP contribution in [0, 0.1) is 0 Å². The van der Waals surface area contributed by atoms with Crippen LogP contribution in [0.4, 0.5) is 0 Å². The Morgan fingerprint density at radius 3 is 2.42 bits per heavy atom. The molecule has 2 aromatic carbocycles. The topological polar surface area (TPSA) is 92.3 Å². The first-order valence-electron chi connectivity index (χ1n) is 8.24. The molecule has 7 nitrogen and oxygen atoms in total. The van der Waals surface area contributed by atoms with Crippen molar-refractivity contribution in [3.8, 4) is 0 Å². The van der Waals surface area contributed by atoms with E-state index in [1.165, 1.54) is 0 Å². The smallest absolute Gasteiger partial charge is 0.296 e. The summed E-state index contributed by atoms with van der Waals surface area (Å²) in [5.74, 6) is -0.792. The van der Waals surface area contributed by atoms with Crippen LogP contribution in [0.25, 0.3) is 16.8 Å². The van der Waals surface area contributed by atoms with E-state index in [-0.39, 0.29) is 18.5 Å². The van der Waals surface area contributed by atoms with Crippen LogP contribution < -0.4 is 10.7 Å². The van der Waals surface area contributed by atoms with Crippen LogP contribution in [-0.4, -0.2) is 25.1 Å². The fourth-order valence-electron chi connectivity index (χ4n) is 3.03. The number of rotatable bonds is 5. The van der Waals surface area contributed by atoms with Gasteiger partial charge in [-0.2, -0.15) is 14.6 Å². The molecule has 4 rings (SSSR count). The highest BCUT2D eigenvalue weighted by molar-refractivity contribution is 5.80. The maximum absolute atomic E-state index is 12.3. The van der Waals surface area contributed by atoms with E-state index in [9.17, 15) is 14.7 Å². The number of carboxylic acid groups (broad SMARTS) is 1. The molecular formula is C19H15N4O3-. The van der Waals surface area contributed by atoms with Crippen molar-refractivity contribution in [2.45, 2.75) is 19.4 Å². The summed E-state index contributed by atoms with van der Waals surface area (Å²) in [5, 5.41) is 15.1. The van der Waals surface area contributed by atoms with Crippen molar-refractivity contribution in [2.75, 3.05) is 0 Å². The summed E-state index contributed by atoms with van der Waals surface area (Å²) < 4.78 is 3.53. The first-order valence-corrected chi connectivity index (χ1v) is 8.24. The number of aromatic nitrogens is 4. The zero-order chi connectivity index (χ0) is 18.1. The van der Waals surface area contributed by atoms with Gasteiger partial charge in [0.25, 0.3) is 5.56 Å². The third kappa shape index (κ3) is 2.83. The standard InChI is InChI=1S/C19H16N4O3/c24-17(25)11-10-14-18(26)20-19-22(12-13-6-2-1-3-7-13)15-8-4-5-9-16(15)23(19)21-14/h1-9H,10-12H2,(H,24,25)/p-1. The van der Waals surface area contributed by atoms with E-state index in [2.05, 4.69) is 10.1 Å². The molecule has 0 fully saturated rings. The van der Waals surface area contributed by atoms with Crippen molar-refractivity contribution in [1.82, 2.24) is 19.2 Å². The van der Waals surface area contributed by atoms with E-state index < -0.39 is 11.5 Å². The zero-order valence-electron chi connectivity index (χ0n) is 13.8. The zero-order valence-corrected chi connectivity index (χ0v) is 13.8. The quantitative estimate of drug-likeness (QED) is 0.532. The summed E-state index contributed by atoms with van der Waals surface area (Å²) >= 11 is 0. The van der Waals surface area contributed by atoms with Crippen molar-refractivity contribution < 1.29 is 9.90 Å². The average Bonchev–Trinajstić information content (AvgIpc) is 2.94. The number of hydrogen-bond acceptors (Lipinski definition) is 5. The van der Waals surface area contributed by atoms with E-state index >= 15 is 0 Å². The summed E-state index contributed by atoms with van der Waals surface area (Å²) in [7, 11) is 0. The molecule has 7 heteroatoms. The SMILES string of the molecule is O=C([O-])CCc1nn2c3ccccc3n(Cc3ccccc3)c2nc1=O. The second kappa shape index (κ2) is 6.44. The summed E-state index contributed by atoms with van der Waals surface area (Å²) in [6, 6.07) is 17.5. The van der Waals surface area contributed by atoms with Gasteiger partial charge in [0.1, 0.15) is 5.69 Å². The largest absolute Gasteiger partial charge is 0.550 e. The van der Waals surface area contributed by atoms with Crippen LogP contribution in [0.3, 0.4) is 0 Å². The predicted octanol–water partition coefficient (Wildman–Crippen LogP) is 0.775. The van der Waals surface area contributed by atoms with Crippen molar-refractivity contribution in [1.29, 1.82) is 0 Å². The Morgan fingerprint density at radius 1 is 1.00 bits per heavy atom. The average molecular weight is 347 g/mol. The van der Waals surface area contributed by atoms with Crippen LogP contribution in [0.5, 0.6) is 0 Å². The number of imidazole rings is 1. The lowest BCUT2D eigenvalue weighted by Crippen LogP contribution is -2.25. The molecule has 0 N–H and O–H groups in total. The Morgan fingerprint density at radius 2 is 1.69 bits per heavy atom. The molecule has 0 spiro atoms. The molecule has 130 valence electrons. The summed E-state index contributed by atoms with van der Waals surface area (Å²) in [5.41, 5.74) is 2.39. The van der Waals surface area contributed by atoms with Gasteiger partial charge in [0.15, 0.2) is 0 Å². The minimum Gasteiger partial charge on any atom is -0.550 e. The lowest BCUT2D eigenvalue weighted by Gasteiger charge is -2.06. The number of benzene rings is 2. The van der Waals surface area contributed by atoms with Gasteiger partial charge in [-0.3, -0.25) is 4.79 Å². The van der Waals surface area contributed by atoms with E-state index in [1.807, 2.05) is 59.2 Å². The third-order valence-corrected chi connectivity index (χ3v) is 4.25. The fourth-order valence-corrected chi connectivity index (χ4v) is 3.03. The van der Waals surface area contributed by atoms with Gasteiger partial charge in [-0.15, -0.1) is 0 Å². The number of para-hydroxylation sites is 2. The number of carbonyl (C=O) groups excluding carboxylic acids is 1. The van der Waals surface area contributed by atoms with Crippen molar-refractivity contribution >= 4 is 22.8 Å². The summed E-state index contributed by atoms with van der Waals surface area (Å²) in [6.07, 6.45) is -0.270. The Hall–Kier alpha value is -3.48. The van der Waals surface area contributed by atoms with Crippen LogP contribution in [0.2, 0.25) is 0 Å². The number of carbonyl (C=O) groups is 1. The molecule has 0 aliphatic heterocycles. The Balaban J connectivity index is 1.91. The van der Waals surface area contributed by atoms with Gasteiger partial charge in [-0.25, -0.2) is 0 Å². The highest BCUT2D eigenvalue weighted by atomic mass is 16.4. The molecule has 0 saturated carbocycles. The van der Waals surface area contributed by atoms with Gasteiger partial charge >= 0.3 is 0 Å². The number of aliphatic carboxylic acids is 1. The number of fused-ring (bicyclic) bond motifs is 3. The van der Waals surface area contributed by atoms with Crippen LogP contribution in [0.1, 0.15) is 17.7 Å². The van der Waals surface area contributed by atoms with Gasteiger partial charge < -0.3 is 14.5 Å². The molecule has 0 saturated heterocycles. The van der Waals surface area contributed by atoms with Gasteiger partial charge in [0.05, 0.1) is 17.6 Å². The minimum atomic E-state index is -1.22. The van der Waals surface area contributed by atoms with Crippen molar-refractivity contribution in [3.63, 3.8) is 0 Å². The van der Waals surface area contributed by atoms with E-state index in [4.69, 9.17) is 0 Å². The van der Waals surface area contributed by atoms with Crippen molar-refractivity contribution in [2.24, 2.45) is 0 Å². The number of carboxylic acids is 1. The van der Waals surface area contributed by atoms with Gasteiger partial charge in [-0.05, 0) is 24.1 Å². The monoisotopic (exact) mass is 347 g/mol. The molecule has 0 amide bonds. The van der Waals surface area contributed by atoms with Gasteiger partial charge in [-0.1, -0.05) is 42.5 Å². The predicted molar refractivity (Wildman–Crippen MR) is 93.6 cm³/mol. The molecule has 0 radical (unpaired) electrons. The normalized spacial score (nSPS) is 11.2. The maximum atomic E-state index is 12.3. The lowest BCUT2D eigenvalue weighted by molar-refractivity contribution is -0.305. The Labute approximate surface area is 148 Å². The number of aryl methyl sites for hydroxylation is 1. The molecule has 0 aliphatic carbocycles. The minimum absolute atomic E-state index is 0.00466. The van der Waals surface area contributed by atoms with Gasteiger partial charge in [0, 0.05) is 12.4 Å². The van der Waals surface area contributed by atoms with E-state index in [0.29, 0.717) is 12.3 Å². The third-order valence-electron chi connectivity index (χ3n) is 4.25. The fraction of sp³-hybridized carbons (Fsp3) is 0.158. The number of hydrogen-bond donors (Lipinski definition) is 0. The molecular weight excluding hydrogens is 332 g/mol. The van der Waals surface area contributed by atoms with Crippen molar-refractivity contribution in [3.05, 3.63) is 76.2 Å². The lowest BCUT2D eigenvalue weighted by atomic mass is 10.2. The Kier molecular flexibility index (Phi) is 3.96. The molecule has 0 atom stereocenters. The van der Waals surface area contributed by atoms with E-state index in [0.717, 1.165) is 16.6 Å². The Bertz CT molecular complexity index is 1160. The van der Waals surface area contributed by atoms with Crippen LogP contribution in [-0.2, 0) is 17.8 Å². The molecule has 2 heterocycles. The highest BCUT2D eigenvalue weighted by Crippen LogP contribution is 2.19.